The fraction of sp³-hybridized carbons (Fsp3) is 0.375. The first kappa shape index (κ1) is 71.1. The fourth-order valence-electron chi connectivity index (χ4n) is 11.1. The van der Waals surface area contributed by atoms with E-state index in [1.807, 2.05) is 170 Å². The molecule has 0 unspecified atom stereocenters. The number of benzene rings is 8. The molecule has 0 saturated carbocycles. The van der Waals surface area contributed by atoms with Crippen LogP contribution in [0.2, 0.25) is 54.4 Å². The van der Waals surface area contributed by atoms with Crippen molar-refractivity contribution in [2.24, 2.45) is 0 Å². The number of phenols is 1. The normalized spacial score (nSPS) is 17.2. The van der Waals surface area contributed by atoms with E-state index in [0.717, 1.165) is 22.3 Å². The van der Waals surface area contributed by atoms with Gasteiger partial charge in [0.15, 0.2) is 29.8 Å². The quantitative estimate of drug-likeness (QED) is 0.0477. The summed E-state index contributed by atoms with van der Waals surface area (Å²) in [6.45, 7) is 36.3. The number of fused-ring (bicyclic) bond motifs is 2. The van der Waals surface area contributed by atoms with E-state index in [1.54, 1.807) is 6.07 Å². The predicted octanol–water partition coefficient (Wildman–Crippen LogP) is 19.7. The van der Waals surface area contributed by atoms with Crippen molar-refractivity contribution < 1.29 is 65.9 Å². The van der Waals surface area contributed by atoms with Crippen LogP contribution in [0.1, 0.15) is 144 Å². The maximum Gasteiger partial charge on any atom is 0.303 e. The van der Waals surface area contributed by atoms with Gasteiger partial charge in [0, 0.05) is 60.7 Å². The van der Waals surface area contributed by atoms with Gasteiger partial charge in [-0.2, -0.15) is 0 Å². The highest BCUT2D eigenvalue weighted by molar-refractivity contribution is 6.76. The van der Waals surface area contributed by atoms with Crippen LogP contribution in [0.5, 0.6) is 57.5 Å². The smallest absolute Gasteiger partial charge is 0.303 e. The number of carbonyl (C=O) groups excluding carboxylic acids is 2. The average molecular weight is 1370 g/mol. The van der Waals surface area contributed by atoms with E-state index in [0.29, 0.717) is 68.1 Å². The van der Waals surface area contributed by atoms with Gasteiger partial charge in [0.05, 0.1) is 5.92 Å². The molecule has 14 nitrogen and oxygen atoms in total. The summed E-state index contributed by atoms with van der Waals surface area (Å²) in [5.41, 5.74) is 6.18. The lowest BCUT2D eigenvalue weighted by molar-refractivity contribution is -0.154. The molecule has 1 N–H and O–H groups in total. The minimum atomic E-state index is -2.93. The third-order valence-corrected chi connectivity index (χ3v) is 32.6. The van der Waals surface area contributed by atoms with Gasteiger partial charge in [-0.3, -0.25) is 9.59 Å². The van der Waals surface area contributed by atoms with Crippen molar-refractivity contribution in [3.63, 3.8) is 0 Å². The Morgan fingerprint density at radius 1 is 0.443 bits per heavy atom. The van der Waals surface area contributed by atoms with E-state index in [4.69, 9.17) is 51.2 Å². The summed E-state index contributed by atoms with van der Waals surface area (Å²) >= 11 is 0. The molecule has 0 amide bonds. The minimum Gasteiger partial charge on any atom is -0.543 e. The van der Waals surface area contributed by atoms with Crippen LogP contribution in [-0.4, -0.2) is 54.2 Å². The summed E-state index contributed by atoms with van der Waals surface area (Å²) in [7, 11) is -7.97. The molecule has 0 bridgehead atoms. The third kappa shape index (κ3) is 16.7. The van der Waals surface area contributed by atoms with Crippen LogP contribution in [0.3, 0.4) is 0 Å². The van der Waals surface area contributed by atoms with Crippen molar-refractivity contribution in [2.75, 3.05) is 0 Å². The van der Waals surface area contributed by atoms with Crippen LogP contribution in [0.15, 0.2) is 176 Å². The van der Waals surface area contributed by atoms with E-state index in [2.05, 4.69) is 102 Å². The van der Waals surface area contributed by atoms with E-state index in [1.165, 1.54) is 13.8 Å². The van der Waals surface area contributed by atoms with Gasteiger partial charge in [0.2, 0.25) is 8.32 Å². The number of rotatable bonds is 23. The van der Waals surface area contributed by atoms with Crippen LogP contribution in [0.25, 0.3) is 0 Å². The Balaban J connectivity index is 1.25. The summed E-state index contributed by atoms with van der Waals surface area (Å²) in [4.78, 5) is 28.0. The van der Waals surface area contributed by atoms with Crippen molar-refractivity contribution in [3.05, 3.63) is 226 Å². The summed E-state index contributed by atoms with van der Waals surface area (Å²) in [6.07, 6.45) is -4.38. The van der Waals surface area contributed by atoms with Crippen molar-refractivity contribution in [3.8, 4) is 57.5 Å². The van der Waals surface area contributed by atoms with E-state index < -0.39 is 67.2 Å². The maximum atomic E-state index is 14.4. The van der Waals surface area contributed by atoms with Gasteiger partial charge in [-0.1, -0.05) is 196 Å². The van der Waals surface area contributed by atoms with Gasteiger partial charge in [-0.15, -0.1) is 0 Å². The fourth-order valence-corrected chi connectivity index (χ4v) is 14.2. The molecule has 97 heavy (non-hydrogen) atoms. The monoisotopic (exact) mass is 1360 g/mol. The van der Waals surface area contributed by atoms with Crippen LogP contribution in [-0.2, 0) is 51.9 Å². The highest BCUT2D eigenvalue weighted by Gasteiger charge is 2.52. The largest absolute Gasteiger partial charge is 0.543 e. The molecule has 512 valence electrons. The molecule has 8 aromatic rings. The van der Waals surface area contributed by atoms with Gasteiger partial charge in [-0.05, 0) is 106 Å². The zero-order chi connectivity index (χ0) is 69.8. The summed E-state index contributed by atoms with van der Waals surface area (Å²) in [6, 6.07) is 56.3. The first-order valence-electron chi connectivity index (χ1n) is 33.5. The lowest BCUT2D eigenvalue weighted by atomic mass is 9.77. The average Bonchev–Trinajstić information content (AvgIpc) is 0.721. The molecule has 8 aromatic carbocycles. The van der Waals surface area contributed by atoms with Gasteiger partial charge in [0.1, 0.15) is 78.5 Å². The first-order chi connectivity index (χ1) is 45.8. The zero-order valence-corrected chi connectivity index (χ0v) is 62.4. The predicted molar refractivity (Wildman–Crippen MR) is 387 cm³/mol. The first-order valence-corrected chi connectivity index (χ1v) is 42.2. The molecular formula is C80H96O14Si3. The molecule has 17 heteroatoms. The van der Waals surface area contributed by atoms with Crippen molar-refractivity contribution >= 4 is 36.9 Å². The third-order valence-electron chi connectivity index (χ3n) is 19.6. The van der Waals surface area contributed by atoms with Gasteiger partial charge in [-0.25, -0.2) is 0 Å². The second-order valence-corrected chi connectivity index (χ2v) is 44.2. The van der Waals surface area contributed by atoms with Crippen LogP contribution < -0.4 is 41.7 Å². The van der Waals surface area contributed by atoms with Crippen molar-refractivity contribution in [2.45, 2.75) is 194 Å². The summed E-state index contributed by atoms with van der Waals surface area (Å²) < 4.78 is 77.6. The molecule has 0 aromatic heterocycles. The van der Waals surface area contributed by atoms with Crippen LogP contribution in [0, 0.1) is 0 Å². The number of carbonyl (C=O) groups is 2. The van der Waals surface area contributed by atoms with Gasteiger partial charge >= 0.3 is 11.9 Å². The molecule has 2 aliphatic heterocycles. The number of esters is 2. The number of phenolic OH excluding ortho intramolecular Hbond substituents is 1. The summed E-state index contributed by atoms with van der Waals surface area (Å²) in [5.74, 6) is 1.34. The molecule has 2 heterocycles. The van der Waals surface area contributed by atoms with E-state index in [-0.39, 0.29) is 65.2 Å². The maximum absolute atomic E-state index is 14.4. The topological polar surface area (TPSA) is 156 Å². The van der Waals surface area contributed by atoms with Crippen molar-refractivity contribution in [1.82, 2.24) is 0 Å². The number of ether oxygens (including phenoxy) is 8. The zero-order valence-electron chi connectivity index (χ0n) is 59.4. The lowest BCUT2D eigenvalue weighted by Gasteiger charge is -2.44. The molecule has 5 atom stereocenters. The summed E-state index contributed by atoms with van der Waals surface area (Å²) in [5, 5.41) is 12.1. The Hall–Kier alpha value is -8.65. The Kier molecular flexibility index (Phi) is 21.1. The van der Waals surface area contributed by atoms with E-state index >= 15 is 0 Å². The number of aromatic hydroxyl groups is 1. The SMILES string of the molecule is CC(=O)O[C@H]1[C@H](c2c(O[Si](C)(C)C(C)(C)C)cc(O)c3c2O[C@H](c2ccc(O[Si](C)(C)C(C)(C)C)c(O[Si](C)(C)C(C)(C)C)c2)[C@@H](OC(C)=O)C3)c2c(OCc3ccccc3)cc(OCc3ccccc3)cc2O[C@@H]1c1ccc(OCc2ccccc2)c(OCc2ccccc2)c1. The Labute approximate surface area is 576 Å². The number of hydrogen-bond acceptors (Lipinski definition) is 14. The molecule has 0 spiro atoms. The highest BCUT2D eigenvalue weighted by atomic mass is 28.4. The highest BCUT2D eigenvalue weighted by Crippen LogP contribution is 2.60. The lowest BCUT2D eigenvalue weighted by Crippen LogP contribution is -2.46. The number of hydrogen-bond donors (Lipinski definition) is 1. The second kappa shape index (κ2) is 28.8. The Morgan fingerprint density at radius 2 is 0.866 bits per heavy atom. The molecule has 0 radical (unpaired) electrons. The second-order valence-electron chi connectivity index (χ2n) is 30.0. The molecule has 0 fully saturated rings. The molecular weight excluding hydrogens is 1270 g/mol. The van der Waals surface area contributed by atoms with Crippen LogP contribution >= 0.6 is 0 Å². The van der Waals surface area contributed by atoms with Crippen LogP contribution in [0.4, 0.5) is 0 Å². The molecule has 2 aliphatic rings. The Bertz CT molecular complexity index is 4050. The molecule has 0 saturated heterocycles. The molecule has 10 rings (SSSR count). The van der Waals surface area contributed by atoms with E-state index in [9.17, 15) is 14.7 Å². The Morgan fingerprint density at radius 3 is 1.35 bits per heavy atom. The van der Waals surface area contributed by atoms with Gasteiger partial charge in [0.25, 0.3) is 16.6 Å². The van der Waals surface area contributed by atoms with Gasteiger partial charge < -0.3 is 56.3 Å². The van der Waals surface area contributed by atoms with Crippen molar-refractivity contribution in [1.29, 1.82) is 0 Å². The molecule has 0 aliphatic carbocycles. The standard InChI is InChI=1S/C80H96O14Si3/c1-52(81)88-70-46-61-62(83)47-69(94-97(16,17)80(9,10)11)72(76(61)91-74(70)58-39-41-64(92-95(12,13)78(3,4)5)66(43-58)93-96(14,15)79(6,7)8)73-71-67(87-51-57-36-28-21-29-37-57)44-60(84-48-54-30-22-18-23-31-54)45-68(71)90-75(77(73)89-53(2)82)59-38-40-63(85-49-55-32-24-19-25-33-55)65(42-59)86-50-56-34-26-20-27-35-56/h18-45,47,70,73-75,77,83H,46,48-51H2,1-17H3/t70-,73-,74+,75+,77-/m0/s1. The minimum absolute atomic E-state index is 0.00659.